The zero-order chi connectivity index (χ0) is 29.0. The van der Waals surface area contributed by atoms with Gasteiger partial charge in [0.1, 0.15) is 0 Å². The van der Waals surface area contributed by atoms with E-state index in [1.165, 1.54) is 6.08 Å². The van der Waals surface area contributed by atoms with E-state index in [0.29, 0.717) is 6.42 Å². The predicted octanol–water partition coefficient (Wildman–Crippen LogP) is 7.56. The van der Waals surface area contributed by atoms with Crippen LogP contribution in [0.3, 0.4) is 0 Å². The van der Waals surface area contributed by atoms with E-state index in [-0.39, 0.29) is 12.3 Å². The Bertz CT molecular complexity index is 884. The summed E-state index contributed by atoms with van der Waals surface area (Å²) in [6.07, 6.45) is 36.4. The normalized spacial score (nSPS) is 14.7. The predicted molar refractivity (Wildman–Crippen MR) is 165 cm³/mol. The largest absolute Gasteiger partial charge is 0.387 e. The molecular weight excluding hydrogens is 510 g/mol. The van der Waals surface area contributed by atoms with E-state index in [9.17, 15) is 22.9 Å². The van der Waals surface area contributed by atoms with Gasteiger partial charge in [-0.3, -0.25) is 9.35 Å². The number of hydrogen-bond acceptors (Lipinski definition) is 4. The molecule has 6 nitrogen and oxygen atoms in total. The topological polar surface area (TPSA) is 104 Å². The molecule has 0 spiro atoms. The molecule has 0 saturated carbocycles. The van der Waals surface area contributed by atoms with Crippen LogP contribution >= 0.6 is 0 Å². The lowest BCUT2D eigenvalue weighted by Gasteiger charge is -2.21. The minimum atomic E-state index is -4.34. The number of carbonyl (C=O) groups is 1. The monoisotopic (exact) mass is 563 g/mol. The summed E-state index contributed by atoms with van der Waals surface area (Å²) in [4.78, 5) is 12.3. The van der Waals surface area contributed by atoms with E-state index in [2.05, 4.69) is 79.9 Å². The van der Waals surface area contributed by atoms with Gasteiger partial charge in [-0.15, -0.1) is 0 Å². The third kappa shape index (κ3) is 27.1. The Morgan fingerprint density at radius 1 is 0.718 bits per heavy atom. The lowest BCUT2D eigenvalue weighted by atomic mass is 10.1. The molecule has 0 heterocycles. The van der Waals surface area contributed by atoms with Gasteiger partial charge in [-0.05, 0) is 64.2 Å². The maximum Gasteiger partial charge on any atom is 0.267 e. The van der Waals surface area contributed by atoms with Gasteiger partial charge in [-0.1, -0.05) is 106 Å². The summed E-state index contributed by atoms with van der Waals surface area (Å²) < 4.78 is 31.9. The van der Waals surface area contributed by atoms with Crippen molar-refractivity contribution in [3.63, 3.8) is 0 Å². The smallest absolute Gasteiger partial charge is 0.267 e. The lowest BCUT2D eigenvalue weighted by Crippen LogP contribution is -2.46. The second-order valence-corrected chi connectivity index (χ2v) is 11.1. The van der Waals surface area contributed by atoms with Crippen LogP contribution < -0.4 is 5.32 Å². The van der Waals surface area contributed by atoms with E-state index < -0.39 is 28.0 Å². The first kappa shape index (κ1) is 36.8. The number of nitrogens with one attached hydrogen (secondary N) is 1. The maximum atomic E-state index is 12.3. The van der Waals surface area contributed by atoms with Crippen molar-refractivity contribution in [2.45, 2.75) is 116 Å². The van der Waals surface area contributed by atoms with E-state index >= 15 is 0 Å². The second-order valence-electron chi connectivity index (χ2n) is 9.64. The summed E-state index contributed by atoms with van der Waals surface area (Å²) in [5.41, 5.74) is 0. The van der Waals surface area contributed by atoms with Crippen LogP contribution in [0.5, 0.6) is 0 Å². The van der Waals surface area contributed by atoms with Crippen LogP contribution in [0.1, 0.15) is 104 Å². The van der Waals surface area contributed by atoms with Crippen molar-refractivity contribution in [1.29, 1.82) is 0 Å². The first-order valence-electron chi connectivity index (χ1n) is 14.6. The summed E-state index contributed by atoms with van der Waals surface area (Å²) in [6, 6.07) is -1.07. The average molecular weight is 564 g/mol. The molecule has 0 rings (SSSR count). The van der Waals surface area contributed by atoms with Crippen molar-refractivity contribution >= 4 is 16.0 Å². The van der Waals surface area contributed by atoms with Crippen molar-refractivity contribution in [2.75, 3.05) is 5.75 Å². The quantitative estimate of drug-likeness (QED) is 0.0639. The molecule has 0 saturated heterocycles. The number of allylic oxidation sites excluding steroid dienone is 11. The molecule has 7 heteroatoms. The molecule has 222 valence electrons. The first-order valence-corrected chi connectivity index (χ1v) is 16.2. The maximum absolute atomic E-state index is 12.3. The Morgan fingerprint density at radius 3 is 1.77 bits per heavy atom. The first-order chi connectivity index (χ1) is 18.8. The number of carbonyl (C=O) groups excluding carboxylic acids is 1. The molecule has 39 heavy (non-hydrogen) atoms. The number of amides is 1. The second kappa shape index (κ2) is 26.0. The summed E-state index contributed by atoms with van der Waals surface area (Å²) in [7, 11) is -4.34. The zero-order valence-electron chi connectivity index (χ0n) is 24.2. The fraction of sp³-hybridized carbons (Fsp3) is 0.594. The Morgan fingerprint density at radius 2 is 1.23 bits per heavy atom. The highest BCUT2D eigenvalue weighted by atomic mass is 32.2. The van der Waals surface area contributed by atoms with Gasteiger partial charge >= 0.3 is 0 Å². The molecule has 3 N–H and O–H groups in total. The molecule has 1 amide bonds. The summed E-state index contributed by atoms with van der Waals surface area (Å²) >= 11 is 0. The molecule has 0 aromatic carbocycles. The molecule has 0 aliphatic carbocycles. The van der Waals surface area contributed by atoms with Crippen LogP contribution in [0.15, 0.2) is 72.9 Å². The molecule has 0 aliphatic heterocycles. The van der Waals surface area contributed by atoms with Crippen LogP contribution in [0.25, 0.3) is 0 Å². The fourth-order valence-corrected chi connectivity index (χ4v) is 4.44. The molecule has 0 aromatic rings. The van der Waals surface area contributed by atoms with Gasteiger partial charge < -0.3 is 10.4 Å². The Labute approximate surface area is 238 Å². The van der Waals surface area contributed by atoms with Gasteiger partial charge in [0.2, 0.25) is 5.91 Å². The van der Waals surface area contributed by atoms with Gasteiger partial charge in [-0.2, -0.15) is 8.42 Å². The van der Waals surface area contributed by atoms with Crippen molar-refractivity contribution in [1.82, 2.24) is 5.32 Å². The van der Waals surface area contributed by atoms with Crippen LogP contribution in [-0.4, -0.2) is 41.9 Å². The van der Waals surface area contributed by atoms with Gasteiger partial charge in [0.15, 0.2) is 0 Å². The van der Waals surface area contributed by atoms with E-state index in [4.69, 9.17) is 0 Å². The van der Waals surface area contributed by atoms with Crippen molar-refractivity contribution < 1.29 is 22.9 Å². The zero-order valence-corrected chi connectivity index (χ0v) is 25.0. The molecular formula is C32H53NO5S. The van der Waals surface area contributed by atoms with Crippen LogP contribution in [0.2, 0.25) is 0 Å². The minimum absolute atomic E-state index is 0.251. The number of aliphatic hydroxyl groups excluding tert-OH is 1. The fourth-order valence-electron chi connectivity index (χ4n) is 3.71. The SMILES string of the molecule is CC/C=C\C/C=C\C/C=C\C/C=C\C/C=C\CCCCCC(=O)NC(CS(=O)(=O)O)C(O)/C=C/CCCCC. The van der Waals surface area contributed by atoms with Crippen LogP contribution in [0, 0.1) is 0 Å². The number of hydrogen-bond donors (Lipinski definition) is 3. The van der Waals surface area contributed by atoms with Crippen LogP contribution in [-0.2, 0) is 14.9 Å². The van der Waals surface area contributed by atoms with Crippen LogP contribution in [0.4, 0.5) is 0 Å². The van der Waals surface area contributed by atoms with E-state index in [1.807, 2.05) is 0 Å². The summed E-state index contributed by atoms with van der Waals surface area (Å²) in [6.45, 7) is 4.24. The Kier molecular flexibility index (Phi) is 24.5. The highest BCUT2D eigenvalue weighted by Gasteiger charge is 2.24. The van der Waals surface area contributed by atoms with E-state index in [0.717, 1.165) is 77.0 Å². The third-order valence-electron chi connectivity index (χ3n) is 5.89. The lowest BCUT2D eigenvalue weighted by molar-refractivity contribution is -0.122. The molecule has 0 aliphatic rings. The van der Waals surface area contributed by atoms with Crippen molar-refractivity contribution in [3.8, 4) is 0 Å². The molecule has 0 bridgehead atoms. The summed E-state index contributed by atoms with van der Waals surface area (Å²) in [5.74, 6) is -1.04. The standard InChI is InChI=1S/C32H53NO5S/c1-3-5-7-9-10-11-12-13-14-15-16-17-18-19-20-21-22-24-26-28-32(35)33-30(29-39(36,37)38)31(34)27-25-23-8-6-4-2/h5,7,10-11,13-14,16-17,19-20,25,27,30-31,34H,3-4,6,8-9,12,15,18,21-24,26,28-29H2,1-2H3,(H,33,35)(H,36,37,38)/b7-5-,11-10-,14-13-,17-16-,20-19-,27-25+. The number of aliphatic hydroxyl groups is 1. The molecule has 2 atom stereocenters. The number of rotatable bonds is 24. The Hall–Kier alpha value is -2.22. The molecule has 0 fully saturated rings. The van der Waals surface area contributed by atoms with E-state index in [1.54, 1.807) is 6.08 Å². The van der Waals surface area contributed by atoms with Crippen molar-refractivity contribution in [3.05, 3.63) is 72.9 Å². The van der Waals surface area contributed by atoms with Gasteiger partial charge in [-0.25, -0.2) is 0 Å². The molecule has 0 aromatic heterocycles. The Balaban J connectivity index is 4.06. The molecule has 2 unspecified atom stereocenters. The third-order valence-corrected chi connectivity index (χ3v) is 6.67. The number of unbranched alkanes of at least 4 members (excludes halogenated alkanes) is 6. The van der Waals surface area contributed by atoms with Gasteiger partial charge in [0.25, 0.3) is 10.1 Å². The highest BCUT2D eigenvalue weighted by Crippen LogP contribution is 2.08. The minimum Gasteiger partial charge on any atom is -0.387 e. The van der Waals surface area contributed by atoms with Gasteiger partial charge in [0, 0.05) is 6.42 Å². The van der Waals surface area contributed by atoms with Gasteiger partial charge in [0.05, 0.1) is 17.9 Å². The molecule has 0 radical (unpaired) electrons. The highest BCUT2D eigenvalue weighted by molar-refractivity contribution is 7.85. The summed E-state index contributed by atoms with van der Waals surface area (Å²) in [5, 5.41) is 12.9. The van der Waals surface area contributed by atoms with Crippen molar-refractivity contribution in [2.24, 2.45) is 0 Å². The average Bonchev–Trinajstić information content (AvgIpc) is 2.88.